The maximum Gasteiger partial charge on any atom is 0.241 e. The van der Waals surface area contributed by atoms with Crippen molar-refractivity contribution < 1.29 is 12.8 Å². The van der Waals surface area contributed by atoms with Crippen LogP contribution in [0.4, 0.5) is 10.2 Å². The van der Waals surface area contributed by atoms with E-state index in [1.54, 1.807) is 30.1 Å². The fourth-order valence-corrected chi connectivity index (χ4v) is 3.49. The number of aryl methyl sites for hydroxylation is 1. The van der Waals surface area contributed by atoms with Gasteiger partial charge in [0.05, 0.1) is 5.69 Å². The Morgan fingerprint density at radius 1 is 1.22 bits per heavy atom. The fraction of sp³-hybridized carbons (Fsp3) is 0.222. The fourth-order valence-electron chi connectivity index (χ4n) is 2.76. The summed E-state index contributed by atoms with van der Waals surface area (Å²) in [6, 6.07) is 11.1. The largest absolute Gasteiger partial charge is 0.359 e. The van der Waals surface area contributed by atoms with E-state index in [0.717, 1.165) is 29.8 Å². The quantitative estimate of drug-likeness (QED) is 0.645. The molecule has 3 aromatic rings. The van der Waals surface area contributed by atoms with Crippen LogP contribution in [0.25, 0.3) is 11.3 Å². The Morgan fingerprint density at radius 3 is 2.67 bits per heavy atom. The lowest BCUT2D eigenvalue weighted by molar-refractivity contribution is 0.597. The first-order valence-electron chi connectivity index (χ1n) is 8.34. The number of benzene rings is 1. The molecular weight excluding hydrogens is 369 g/mol. The predicted molar refractivity (Wildman–Crippen MR) is 101 cm³/mol. The van der Waals surface area contributed by atoms with Gasteiger partial charge in [-0.05, 0) is 55.3 Å². The summed E-state index contributed by atoms with van der Waals surface area (Å²) in [5, 5.41) is 12.5. The summed E-state index contributed by atoms with van der Waals surface area (Å²) in [5.74, 6) is 0.0440. The van der Waals surface area contributed by atoms with Gasteiger partial charge in [0.15, 0.2) is 0 Å². The molecule has 0 radical (unpaired) electrons. The number of hydrogen-bond donors (Lipinski definition) is 2. The van der Waals surface area contributed by atoms with Gasteiger partial charge >= 0.3 is 0 Å². The highest BCUT2D eigenvalue weighted by atomic mass is 32.2. The summed E-state index contributed by atoms with van der Waals surface area (Å²) in [4.78, 5) is 5.91. The Morgan fingerprint density at radius 2 is 1.96 bits per heavy atom. The maximum atomic E-state index is 13.0. The summed E-state index contributed by atoms with van der Waals surface area (Å²) < 4.78 is 36.4. The van der Waals surface area contributed by atoms with Gasteiger partial charge in [-0.2, -0.15) is 5.10 Å². The second kappa shape index (κ2) is 7.85. The van der Waals surface area contributed by atoms with Crippen molar-refractivity contribution in [3.05, 3.63) is 60.2 Å². The van der Waals surface area contributed by atoms with Gasteiger partial charge in [-0.1, -0.05) is 0 Å². The van der Waals surface area contributed by atoms with Crippen LogP contribution in [0.2, 0.25) is 0 Å². The molecule has 0 saturated carbocycles. The number of nitrogens with two attached hydrogens (primary N) is 1. The number of pyridine rings is 1. The molecule has 142 valence electrons. The average molecular weight is 389 g/mol. The average Bonchev–Trinajstić information content (AvgIpc) is 3.10. The van der Waals surface area contributed by atoms with Gasteiger partial charge in [-0.25, -0.2) is 22.9 Å². The van der Waals surface area contributed by atoms with Crippen molar-refractivity contribution in [2.45, 2.75) is 17.7 Å². The molecule has 0 aliphatic rings. The number of aromatic nitrogens is 3. The predicted octanol–water partition coefficient (Wildman–Crippen LogP) is 2.33. The Bertz CT molecular complexity index is 1020. The molecule has 0 unspecified atom stereocenters. The smallest absolute Gasteiger partial charge is 0.241 e. The van der Waals surface area contributed by atoms with Crippen molar-refractivity contribution in [2.24, 2.45) is 5.14 Å². The van der Waals surface area contributed by atoms with E-state index in [-0.39, 0.29) is 10.7 Å². The molecule has 7 nitrogen and oxygen atoms in total. The minimum atomic E-state index is -3.83. The third-order valence-corrected chi connectivity index (χ3v) is 5.06. The zero-order valence-electron chi connectivity index (χ0n) is 14.8. The molecule has 3 rings (SSSR count). The molecule has 0 amide bonds. The van der Waals surface area contributed by atoms with E-state index in [0.29, 0.717) is 12.4 Å². The van der Waals surface area contributed by atoms with Crippen LogP contribution in [0.5, 0.6) is 0 Å². The van der Waals surface area contributed by atoms with Gasteiger partial charge in [0.25, 0.3) is 0 Å². The van der Waals surface area contributed by atoms with Gasteiger partial charge in [0.2, 0.25) is 10.0 Å². The number of H-pyrrole nitrogens is 1. The number of nitrogens with zero attached hydrogens (tertiary/aromatic N) is 3. The maximum absolute atomic E-state index is 13.0. The second-order valence-corrected chi connectivity index (χ2v) is 7.71. The zero-order valence-corrected chi connectivity index (χ0v) is 15.6. The van der Waals surface area contributed by atoms with E-state index < -0.39 is 10.0 Å². The highest BCUT2D eigenvalue weighted by Gasteiger charge is 2.17. The second-order valence-electron chi connectivity index (χ2n) is 6.18. The van der Waals surface area contributed by atoms with Crippen LogP contribution >= 0.6 is 0 Å². The molecule has 9 heteroatoms. The van der Waals surface area contributed by atoms with Crippen molar-refractivity contribution >= 4 is 15.8 Å². The lowest BCUT2D eigenvalue weighted by Crippen LogP contribution is -2.24. The number of nitrogens with one attached hydrogen (secondary N) is 1. The number of hydrogen-bond acceptors (Lipinski definition) is 5. The van der Waals surface area contributed by atoms with Gasteiger partial charge in [0, 0.05) is 31.0 Å². The van der Waals surface area contributed by atoms with Crippen LogP contribution in [0.15, 0.2) is 53.6 Å². The molecular formula is C18H20FN5O2S. The Balaban J connectivity index is 1.62. The minimum Gasteiger partial charge on any atom is -0.359 e. The van der Waals surface area contributed by atoms with E-state index in [1.165, 1.54) is 24.4 Å². The molecule has 0 spiro atoms. The Kier molecular flexibility index (Phi) is 5.52. The van der Waals surface area contributed by atoms with Gasteiger partial charge in [-0.15, -0.1) is 0 Å². The van der Waals surface area contributed by atoms with E-state index in [1.807, 2.05) is 6.07 Å². The molecule has 27 heavy (non-hydrogen) atoms. The first-order valence-corrected chi connectivity index (χ1v) is 9.88. The highest BCUT2D eigenvalue weighted by molar-refractivity contribution is 7.89. The first-order chi connectivity index (χ1) is 12.8. The summed E-state index contributed by atoms with van der Waals surface area (Å²) in [6.07, 6.45) is 3.00. The van der Waals surface area contributed by atoms with Crippen molar-refractivity contribution in [3.8, 4) is 11.3 Å². The monoisotopic (exact) mass is 389 g/mol. The SMILES string of the molecule is CN(CCCc1cc(-c2ccc(F)cc2)n[nH]1)c1ncccc1S(N)(=O)=O. The normalized spacial score (nSPS) is 11.5. The molecule has 0 saturated heterocycles. The van der Waals surface area contributed by atoms with Crippen molar-refractivity contribution in [1.82, 2.24) is 15.2 Å². The van der Waals surface area contributed by atoms with Crippen LogP contribution in [0.3, 0.4) is 0 Å². The molecule has 0 fully saturated rings. The van der Waals surface area contributed by atoms with Crippen LogP contribution in [-0.4, -0.2) is 37.2 Å². The third kappa shape index (κ3) is 4.69. The first kappa shape index (κ1) is 19.0. The van der Waals surface area contributed by atoms with Crippen molar-refractivity contribution in [2.75, 3.05) is 18.5 Å². The molecule has 0 bridgehead atoms. The third-order valence-electron chi connectivity index (χ3n) is 4.13. The molecule has 0 aliphatic heterocycles. The Labute approximate surface area is 157 Å². The number of aromatic amines is 1. The summed E-state index contributed by atoms with van der Waals surface area (Å²) >= 11 is 0. The Hall–Kier alpha value is -2.78. The van der Waals surface area contributed by atoms with Gasteiger partial charge < -0.3 is 4.90 Å². The van der Waals surface area contributed by atoms with E-state index >= 15 is 0 Å². The summed E-state index contributed by atoms with van der Waals surface area (Å²) in [6.45, 7) is 0.588. The van der Waals surface area contributed by atoms with Crippen LogP contribution in [0.1, 0.15) is 12.1 Å². The van der Waals surface area contributed by atoms with Crippen molar-refractivity contribution in [1.29, 1.82) is 0 Å². The van der Waals surface area contributed by atoms with Gasteiger partial charge in [0.1, 0.15) is 16.5 Å². The van der Waals surface area contributed by atoms with E-state index in [4.69, 9.17) is 5.14 Å². The number of primary sulfonamides is 1. The number of halogens is 1. The number of rotatable bonds is 7. The minimum absolute atomic E-state index is 0.00707. The molecule has 1 aromatic carbocycles. The lowest BCUT2D eigenvalue weighted by atomic mass is 10.1. The van der Waals surface area contributed by atoms with Crippen LogP contribution < -0.4 is 10.0 Å². The van der Waals surface area contributed by atoms with E-state index in [9.17, 15) is 12.8 Å². The molecule has 2 heterocycles. The topological polar surface area (TPSA) is 105 Å². The zero-order chi connectivity index (χ0) is 19.4. The van der Waals surface area contributed by atoms with E-state index in [2.05, 4.69) is 15.2 Å². The molecule has 3 N–H and O–H groups in total. The molecule has 0 aliphatic carbocycles. The van der Waals surface area contributed by atoms with Crippen LogP contribution in [0, 0.1) is 5.82 Å². The summed E-state index contributed by atoms with van der Waals surface area (Å²) in [5.41, 5.74) is 2.53. The van der Waals surface area contributed by atoms with Crippen molar-refractivity contribution in [3.63, 3.8) is 0 Å². The molecule has 0 atom stereocenters. The molecule has 2 aromatic heterocycles. The highest BCUT2D eigenvalue weighted by Crippen LogP contribution is 2.21. The standard InChI is InChI=1S/C18H20FN5O2S/c1-24(18-17(27(20,25)26)5-2-10-21-18)11-3-4-15-12-16(23-22-15)13-6-8-14(19)9-7-13/h2,5-10,12H,3-4,11H2,1H3,(H,22,23)(H2,20,25,26). The van der Waals surface area contributed by atoms with Gasteiger partial charge in [-0.3, -0.25) is 5.10 Å². The lowest BCUT2D eigenvalue weighted by Gasteiger charge is -2.19. The number of anilines is 1. The van der Waals surface area contributed by atoms with Crippen LogP contribution in [-0.2, 0) is 16.4 Å². The number of sulfonamides is 1. The summed E-state index contributed by atoms with van der Waals surface area (Å²) in [7, 11) is -2.06.